The van der Waals surface area contributed by atoms with E-state index in [9.17, 15) is 4.79 Å². The number of nitrogens with zero attached hydrogens (tertiary/aromatic N) is 4. The number of thioether (sulfide) groups is 1. The normalized spacial score (nSPS) is 10.8. The van der Waals surface area contributed by atoms with Crippen LogP contribution in [0, 0.1) is 13.8 Å². The fourth-order valence-corrected chi connectivity index (χ4v) is 4.16. The topological polar surface area (TPSA) is 72.7 Å². The third-order valence-corrected chi connectivity index (χ3v) is 5.94. The third kappa shape index (κ3) is 5.00. The molecule has 4 aromatic rings. The molecule has 0 aliphatic rings. The summed E-state index contributed by atoms with van der Waals surface area (Å²) in [5.41, 5.74) is 5.04. The molecule has 2 heterocycles. The summed E-state index contributed by atoms with van der Waals surface area (Å²) >= 11 is 1.63. The van der Waals surface area contributed by atoms with Crippen LogP contribution in [0.25, 0.3) is 5.69 Å². The number of aryl methyl sites for hydroxylation is 2. The Morgan fingerprint density at radius 1 is 0.935 bits per heavy atom. The number of aromatic nitrogens is 4. The van der Waals surface area contributed by atoms with Crippen LogP contribution in [-0.4, -0.2) is 25.7 Å². The zero-order chi connectivity index (χ0) is 21.6. The smallest absolute Gasteiger partial charge is 0.251 e. The molecule has 2 aromatic carbocycles. The van der Waals surface area contributed by atoms with Crippen LogP contribution in [0.2, 0.25) is 0 Å². The highest BCUT2D eigenvalue weighted by molar-refractivity contribution is 7.98. The highest BCUT2D eigenvalue weighted by atomic mass is 32.2. The largest absolute Gasteiger partial charge is 0.348 e. The lowest BCUT2D eigenvalue weighted by Gasteiger charge is -2.11. The third-order valence-electron chi connectivity index (χ3n) is 4.94. The maximum absolute atomic E-state index is 12.4. The number of hydrogen-bond donors (Lipinski definition) is 1. The van der Waals surface area contributed by atoms with E-state index in [2.05, 4.69) is 44.1 Å². The van der Waals surface area contributed by atoms with E-state index >= 15 is 0 Å². The van der Waals surface area contributed by atoms with Crippen molar-refractivity contribution in [3.05, 3.63) is 101 Å². The molecule has 0 saturated heterocycles. The molecular formula is C24H23N5OS. The van der Waals surface area contributed by atoms with E-state index in [-0.39, 0.29) is 5.91 Å². The van der Waals surface area contributed by atoms with Gasteiger partial charge >= 0.3 is 0 Å². The van der Waals surface area contributed by atoms with Crippen molar-refractivity contribution < 1.29 is 4.79 Å². The minimum Gasteiger partial charge on any atom is -0.348 e. The molecule has 0 radical (unpaired) electrons. The summed E-state index contributed by atoms with van der Waals surface area (Å²) in [7, 11) is 0. The van der Waals surface area contributed by atoms with Gasteiger partial charge in [-0.25, -0.2) is 0 Å². The number of rotatable bonds is 7. The van der Waals surface area contributed by atoms with E-state index in [1.54, 1.807) is 24.2 Å². The van der Waals surface area contributed by atoms with Gasteiger partial charge in [-0.1, -0.05) is 42.1 Å². The van der Waals surface area contributed by atoms with Crippen molar-refractivity contribution in [2.75, 3.05) is 0 Å². The molecular weight excluding hydrogens is 406 g/mol. The Morgan fingerprint density at radius 3 is 2.42 bits per heavy atom. The van der Waals surface area contributed by atoms with Crippen molar-refractivity contribution >= 4 is 17.7 Å². The van der Waals surface area contributed by atoms with E-state index in [4.69, 9.17) is 0 Å². The summed E-state index contributed by atoms with van der Waals surface area (Å²) < 4.78 is 2.08. The van der Waals surface area contributed by atoms with Crippen LogP contribution in [0.4, 0.5) is 0 Å². The van der Waals surface area contributed by atoms with E-state index in [1.807, 2.05) is 55.5 Å². The standard InChI is InChI=1S/C24H23N5OS/c1-17-5-3-4-6-22(17)29-18(2)27-28-24(29)31-16-20-7-9-21(10-8-20)23(30)26-15-19-11-13-25-14-12-19/h3-14H,15-16H2,1-2H3,(H,26,30). The Morgan fingerprint density at radius 2 is 1.68 bits per heavy atom. The van der Waals surface area contributed by atoms with Gasteiger partial charge in [0.05, 0.1) is 5.69 Å². The zero-order valence-electron chi connectivity index (χ0n) is 17.4. The van der Waals surface area contributed by atoms with Crippen LogP contribution in [-0.2, 0) is 12.3 Å². The van der Waals surface area contributed by atoms with Gasteiger partial charge in [-0.2, -0.15) is 0 Å². The fourth-order valence-electron chi connectivity index (χ4n) is 3.21. The predicted octanol–water partition coefficient (Wildman–Crippen LogP) is 4.50. The van der Waals surface area contributed by atoms with E-state index in [0.717, 1.165) is 33.5 Å². The first kappa shape index (κ1) is 20.8. The van der Waals surface area contributed by atoms with Crippen LogP contribution in [0.3, 0.4) is 0 Å². The SMILES string of the molecule is Cc1ccccc1-n1c(C)nnc1SCc1ccc(C(=O)NCc2ccncc2)cc1. The van der Waals surface area contributed by atoms with Crippen LogP contribution in [0.1, 0.15) is 32.9 Å². The van der Waals surface area contributed by atoms with Crippen molar-refractivity contribution in [3.8, 4) is 5.69 Å². The average Bonchev–Trinajstić information content (AvgIpc) is 3.17. The zero-order valence-corrected chi connectivity index (χ0v) is 18.3. The van der Waals surface area contributed by atoms with Crippen molar-refractivity contribution in [1.29, 1.82) is 0 Å². The van der Waals surface area contributed by atoms with E-state index in [1.165, 1.54) is 5.56 Å². The Balaban J connectivity index is 1.39. The van der Waals surface area contributed by atoms with Gasteiger partial charge in [0.25, 0.3) is 5.91 Å². The molecule has 0 atom stereocenters. The summed E-state index contributed by atoms with van der Waals surface area (Å²) in [4.78, 5) is 16.4. The molecule has 0 saturated carbocycles. The van der Waals surface area contributed by atoms with Crippen molar-refractivity contribution in [2.24, 2.45) is 0 Å². The Kier molecular flexibility index (Phi) is 6.43. The summed E-state index contributed by atoms with van der Waals surface area (Å²) in [5.74, 6) is 1.51. The lowest BCUT2D eigenvalue weighted by molar-refractivity contribution is 0.0951. The number of pyridine rings is 1. The summed E-state index contributed by atoms with van der Waals surface area (Å²) in [6.07, 6.45) is 3.44. The molecule has 6 nitrogen and oxygen atoms in total. The molecule has 4 rings (SSSR count). The molecule has 0 fully saturated rings. The second kappa shape index (κ2) is 9.57. The number of carbonyl (C=O) groups is 1. The predicted molar refractivity (Wildman–Crippen MR) is 122 cm³/mol. The number of hydrogen-bond acceptors (Lipinski definition) is 5. The second-order valence-electron chi connectivity index (χ2n) is 7.18. The quantitative estimate of drug-likeness (QED) is 0.438. The van der Waals surface area contributed by atoms with E-state index in [0.29, 0.717) is 12.1 Å². The Hall–Kier alpha value is -3.45. The summed E-state index contributed by atoms with van der Waals surface area (Å²) in [5, 5.41) is 12.4. The molecule has 1 N–H and O–H groups in total. The number of para-hydroxylation sites is 1. The Bertz CT molecular complexity index is 1170. The maximum Gasteiger partial charge on any atom is 0.251 e. The maximum atomic E-state index is 12.4. The molecule has 0 bridgehead atoms. The molecule has 0 aliphatic carbocycles. The van der Waals surface area contributed by atoms with Gasteiger partial charge in [0, 0.05) is 30.3 Å². The highest BCUT2D eigenvalue weighted by Gasteiger charge is 2.13. The van der Waals surface area contributed by atoms with Crippen molar-refractivity contribution in [1.82, 2.24) is 25.1 Å². The van der Waals surface area contributed by atoms with E-state index < -0.39 is 0 Å². The van der Waals surface area contributed by atoms with Crippen LogP contribution in [0.5, 0.6) is 0 Å². The van der Waals surface area contributed by atoms with Gasteiger partial charge in [0.15, 0.2) is 5.16 Å². The number of carbonyl (C=O) groups excluding carboxylic acids is 1. The molecule has 31 heavy (non-hydrogen) atoms. The first-order chi connectivity index (χ1) is 15.1. The lowest BCUT2D eigenvalue weighted by atomic mass is 10.1. The first-order valence-electron chi connectivity index (χ1n) is 9.98. The minimum absolute atomic E-state index is 0.0917. The Labute approximate surface area is 185 Å². The van der Waals surface area contributed by atoms with Gasteiger partial charge in [0.1, 0.15) is 5.82 Å². The molecule has 7 heteroatoms. The van der Waals surface area contributed by atoms with Gasteiger partial charge < -0.3 is 5.32 Å². The number of amides is 1. The number of nitrogens with one attached hydrogen (secondary N) is 1. The minimum atomic E-state index is -0.0917. The first-order valence-corrected chi connectivity index (χ1v) is 11.0. The van der Waals surface area contributed by atoms with Gasteiger partial charge in [-0.3, -0.25) is 14.3 Å². The van der Waals surface area contributed by atoms with Crippen molar-refractivity contribution in [2.45, 2.75) is 31.3 Å². The van der Waals surface area contributed by atoms with Gasteiger partial charge in [0.2, 0.25) is 0 Å². The fraction of sp³-hybridized carbons (Fsp3) is 0.167. The molecule has 0 unspecified atom stereocenters. The summed E-state index contributed by atoms with van der Waals surface area (Å²) in [6.45, 7) is 4.53. The van der Waals surface area contributed by atoms with Crippen LogP contribution in [0.15, 0.2) is 78.2 Å². The molecule has 1 amide bonds. The number of benzene rings is 2. The molecule has 0 spiro atoms. The highest BCUT2D eigenvalue weighted by Crippen LogP contribution is 2.26. The molecule has 156 valence electrons. The van der Waals surface area contributed by atoms with Gasteiger partial charge in [-0.15, -0.1) is 10.2 Å². The lowest BCUT2D eigenvalue weighted by Crippen LogP contribution is -2.22. The molecule has 0 aliphatic heterocycles. The molecule has 2 aromatic heterocycles. The average molecular weight is 430 g/mol. The van der Waals surface area contributed by atoms with Crippen LogP contribution >= 0.6 is 11.8 Å². The monoisotopic (exact) mass is 429 g/mol. The van der Waals surface area contributed by atoms with Crippen LogP contribution < -0.4 is 5.32 Å². The van der Waals surface area contributed by atoms with Crippen molar-refractivity contribution in [3.63, 3.8) is 0 Å². The summed E-state index contributed by atoms with van der Waals surface area (Å²) in [6, 6.07) is 19.7. The van der Waals surface area contributed by atoms with Gasteiger partial charge in [-0.05, 0) is 60.9 Å². The second-order valence-corrected chi connectivity index (χ2v) is 8.12.